The molecule has 0 saturated heterocycles. The van der Waals surface area contributed by atoms with Gasteiger partial charge in [-0.2, -0.15) is 10.2 Å². The van der Waals surface area contributed by atoms with E-state index in [1.54, 1.807) is 37.3 Å². The van der Waals surface area contributed by atoms with Crippen LogP contribution in [0.25, 0.3) is 11.4 Å². The lowest BCUT2D eigenvalue weighted by Crippen LogP contribution is -2.15. The van der Waals surface area contributed by atoms with Crippen molar-refractivity contribution in [3.8, 4) is 11.4 Å². The van der Waals surface area contributed by atoms with Crippen molar-refractivity contribution in [1.82, 2.24) is 20.3 Å². The van der Waals surface area contributed by atoms with E-state index < -0.39 is 5.76 Å². The van der Waals surface area contributed by atoms with E-state index >= 15 is 0 Å². The van der Waals surface area contributed by atoms with Gasteiger partial charge in [-0.1, -0.05) is 12.1 Å². The molecule has 0 aliphatic rings. The van der Waals surface area contributed by atoms with Gasteiger partial charge in [-0.25, -0.2) is 4.79 Å². The van der Waals surface area contributed by atoms with Crippen LogP contribution in [-0.2, 0) is 6.42 Å². The van der Waals surface area contributed by atoms with Gasteiger partial charge in [-0.15, -0.1) is 0 Å². The first-order valence-electron chi connectivity index (χ1n) is 7.38. The van der Waals surface area contributed by atoms with Crippen molar-refractivity contribution in [2.75, 3.05) is 5.32 Å². The van der Waals surface area contributed by atoms with E-state index in [1.807, 2.05) is 6.92 Å². The Kier molecular flexibility index (Phi) is 4.19. The van der Waals surface area contributed by atoms with E-state index in [2.05, 4.69) is 30.2 Å². The molecule has 0 aliphatic carbocycles. The molecule has 1 aromatic carbocycles. The number of hydrogen-bond acceptors (Lipinski definition) is 6. The van der Waals surface area contributed by atoms with Gasteiger partial charge in [0.25, 0.3) is 5.91 Å². The molecule has 0 saturated carbocycles. The smallest absolute Gasteiger partial charge is 0.322 e. The van der Waals surface area contributed by atoms with Gasteiger partial charge in [-0.05, 0) is 43.7 Å². The topological polar surface area (TPSA) is 114 Å². The normalized spacial score (nSPS) is 10.6. The molecule has 0 bridgehead atoms. The maximum Gasteiger partial charge on any atom is 0.439 e. The molecule has 24 heavy (non-hydrogen) atoms. The van der Waals surface area contributed by atoms with Gasteiger partial charge in [0.05, 0.1) is 17.0 Å². The quantitative estimate of drug-likeness (QED) is 0.758. The minimum Gasteiger partial charge on any atom is -0.322 e. The number of rotatable bonds is 4. The number of hydrogen-bond donors (Lipinski definition) is 2. The zero-order chi connectivity index (χ0) is 17.1. The van der Waals surface area contributed by atoms with Gasteiger partial charge in [-0.3, -0.25) is 14.3 Å². The number of carbonyl (C=O) groups is 1. The van der Waals surface area contributed by atoms with Crippen LogP contribution in [0.4, 0.5) is 5.69 Å². The molecule has 3 aromatic rings. The first kappa shape index (κ1) is 15.6. The van der Waals surface area contributed by atoms with Gasteiger partial charge in [0.1, 0.15) is 0 Å². The van der Waals surface area contributed by atoms with Crippen molar-refractivity contribution in [2.45, 2.75) is 20.3 Å². The van der Waals surface area contributed by atoms with E-state index in [0.29, 0.717) is 34.8 Å². The number of aromatic nitrogens is 4. The highest BCUT2D eigenvalue weighted by Crippen LogP contribution is 2.18. The Morgan fingerprint density at radius 3 is 2.62 bits per heavy atom. The molecule has 3 rings (SSSR count). The summed E-state index contributed by atoms with van der Waals surface area (Å²) in [6, 6.07) is 8.61. The molecule has 0 aliphatic heterocycles. The van der Waals surface area contributed by atoms with Gasteiger partial charge in [0.15, 0.2) is 5.82 Å². The van der Waals surface area contributed by atoms with Crippen molar-refractivity contribution in [3.05, 3.63) is 57.8 Å². The molecular weight excluding hydrogens is 310 g/mol. The molecular formula is C16H15N5O3. The van der Waals surface area contributed by atoms with Crippen LogP contribution in [0.15, 0.2) is 39.6 Å². The van der Waals surface area contributed by atoms with E-state index in [9.17, 15) is 9.59 Å². The summed E-state index contributed by atoms with van der Waals surface area (Å²) in [5, 5.41) is 14.4. The summed E-state index contributed by atoms with van der Waals surface area (Å²) in [7, 11) is 0. The summed E-state index contributed by atoms with van der Waals surface area (Å²) in [6.45, 7) is 3.69. The van der Waals surface area contributed by atoms with E-state index in [-0.39, 0.29) is 5.91 Å². The molecule has 0 fully saturated rings. The van der Waals surface area contributed by atoms with Gasteiger partial charge >= 0.3 is 5.76 Å². The molecule has 1 amide bonds. The molecule has 2 aromatic heterocycles. The van der Waals surface area contributed by atoms with Crippen LogP contribution in [0.3, 0.4) is 0 Å². The monoisotopic (exact) mass is 325 g/mol. The van der Waals surface area contributed by atoms with Crippen molar-refractivity contribution in [1.29, 1.82) is 0 Å². The maximum atomic E-state index is 12.4. The molecule has 0 atom stereocenters. The van der Waals surface area contributed by atoms with Crippen LogP contribution in [0.5, 0.6) is 0 Å². The lowest BCUT2D eigenvalue weighted by Gasteiger charge is -2.08. The second-order valence-electron chi connectivity index (χ2n) is 5.16. The first-order valence-corrected chi connectivity index (χ1v) is 7.38. The summed E-state index contributed by atoms with van der Waals surface area (Å²) in [5.74, 6) is -0.533. The number of nitrogens with zero attached hydrogens (tertiary/aromatic N) is 3. The highest BCUT2D eigenvalue weighted by molar-refractivity contribution is 6.05. The largest absolute Gasteiger partial charge is 0.439 e. The minimum absolute atomic E-state index is 0.250. The fourth-order valence-electron chi connectivity index (χ4n) is 2.16. The number of H-pyrrole nitrogens is 1. The molecule has 122 valence electrons. The summed E-state index contributed by atoms with van der Waals surface area (Å²) in [5.41, 5.74) is 3.11. The number of nitrogens with one attached hydrogen (secondary N) is 2. The SMILES string of the molecule is CCc1cc(C(=O)Nc2ccc(-c3noc(=O)[nH]3)cc2)c(C)nn1. The van der Waals surface area contributed by atoms with Crippen LogP contribution in [0.1, 0.15) is 28.7 Å². The zero-order valence-electron chi connectivity index (χ0n) is 13.2. The minimum atomic E-state index is -0.616. The molecule has 8 nitrogen and oxygen atoms in total. The first-order chi connectivity index (χ1) is 11.6. The predicted octanol–water partition coefficient (Wildman–Crippen LogP) is 1.94. The lowest BCUT2D eigenvalue weighted by molar-refractivity contribution is 0.102. The third-order valence-corrected chi connectivity index (χ3v) is 3.49. The van der Waals surface area contributed by atoms with E-state index in [4.69, 9.17) is 0 Å². The fourth-order valence-corrected chi connectivity index (χ4v) is 2.16. The van der Waals surface area contributed by atoms with Crippen LogP contribution in [0.2, 0.25) is 0 Å². The Morgan fingerprint density at radius 2 is 2.00 bits per heavy atom. The molecule has 2 N–H and O–H groups in total. The van der Waals surface area contributed by atoms with Gasteiger partial charge in [0, 0.05) is 11.3 Å². The number of amides is 1. The highest BCUT2D eigenvalue weighted by atomic mass is 16.5. The second kappa shape index (κ2) is 6.45. The maximum absolute atomic E-state index is 12.4. The van der Waals surface area contributed by atoms with Crippen molar-refractivity contribution >= 4 is 11.6 Å². The van der Waals surface area contributed by atoms with Crippen LogP contribution >= 0.6 is 0 Å². The number of anilines is 1. The standard InChI is InChI=1S/C16H15N5O3/c1-3-11-8-13(9(2)19-20-11)15(22)17-12-6-4-10(5-7-12)14-18-16(23)24-21-14/h4-8H,3H2,1-2H3,(H,17,22)(H,18,21,23). The Bertz CT molecular complexity index is 927. The van der Waals surface area contributed by atoms with Crippen molar-refractivity contribution < 1.29 is 9.32 Å². The van der Waals surface area contributed by atoms with E-state index in [0.717, 1.165) is 5.69 Å². The average Bonchev–Trinajstić information content (AvgIpc) is 3.02. The number of aromatic amines is 1. The molecule has 2 heterocycles. The Hall–Kier alpha value is -3.29. The second-order valence-corrected chi connectivity index (χ2v) is 5.16. The third kappa shape index (κ3) is 3.22. The molecule has 0 spiro atoms. The van der Waals surface area contributed by atoms with Crippen molar-refractivity contribution in [2.24, 2.45) is 0 Å². The van der Waals surface area contributed by atoms with Crippen LogP contribution in [0, 0.1) is 6.92 Å². The van der Waals surface area contributed by atoms with Crippen LogP contribution in [-0.4, -0.2) is 26.2 Å². The Labute approximate surface area is 136 Å². The average molecular weight is 325 g/mol. The van der Waals surface area contributed by atoms with Gasteiger partial charge < -0.3 is 5.32 Å². The van der Waals surface area contributed by atoms with Crippen LogP contribution < -0.4 is 11.1 Å². The Morgan fingerprint density at radius 1 is 1.25 bits per heavy atom. The summed E-state index contributed by atoms with van der Waals surface area (Å²) >= 11 is 0. The zero-order valence-corrected chi connectivity index (χ0v) is 13.2. The number of carbonyl (C=O) groups excluding carboxylic acids is 1. The Balaban J connectivity index is 1.78. The molecule has 8 heteroatoms. The third-order valence-electron chi connectivity index (χ3n) is 3.49. The lowest BCUT2D eigenvalue weighted by atomic mass is 10.1. The highest BCUT2D eigenvalue weighted by Gasteiger charge is 2.12. The molecule has 0 unspecified atom stereocenters. The number of benzene rings is 1. The summed E-state index contributed by atoms with van der Waals surface area (Å²) < 4.78 is 4.46. The molecule has 0 radical (unpaired) electrons. The fraction of sp³-hybridized carbons (Fsp3) is 0.188. The summed E-state index contributed by atoms with van der Waals surface area (Å²) in [4.78, 5) is 25.8. The van der Waals surface area contributed by atoms with Crippen molar-refractivity contribution in [3.63, 3.8) is 0 Å². The van der Waals surface area contributed by atoms with Gasteiger partial charge in [0.2, 0.25) is 0 Å². The van der Waals surface area contributed by atoms with E-state index in [1.165, 1.54) is 0 Å². The summed E-state index contributed by atoms with van der Waals surface area (Å²) in [6.07, 6.45) is 0.707. The number of aryl methyl sites for hydroxylation is 2. The predicted molar refractivity (Wildman–Crippen MR) is 86.7 cm³/mol.